The van der Waals surface area contributed by atoms with E-state index in [0.29, 0.717) is 23.3 Å². The average Bonchev–Trinajstić information content (AvgIpc) is 3.09. The quantitative estimate of drug-likeness (QED) is 0.138. The molecule has 3 atom stereocenters. The van der Waals surface area contributed by atoms with Crippen LogP contribution in [0.5, 0.6) is 0 Å². The predicted octanol–water partition coefficient (Wildman–Crippen LogP) is 9.57. The molecule has 1 saturated heterocycles. The topological polar surface area (TPSA) is 47.3 Å². The molecule has 1 aliphatic rings. The second-order valence-corrected chi connectivity index (χ2v) is 10.7. The molecule has 2 heterocycles. The number of benzene rings is 4. The van der Waals surface area contributed by atoms with Gasteiger partial charge in [-0.3, -0.25) is 9.78 Å². The second kappa shape index (κ2) is 21.2. The summed E-state index contributed by atoms with van der Waals surface area (Å²) in [5.74, 6) is -0.0169. The third kappa shape index (κ3) is 13.1. The minimum Gasteiger partial charge on any atom is -0.577 e. The van der Waals surface area contributed by atoms with Crippen LogP contribution in [-0.2, 0) is 31.7 Å². The van der Waals surface area contributed by atoms with Crippen molar-refractivity contribution in [2.45, 2.75) is 57.7 Å². The van der Waals surface area contributed by atoms with E-state index in [1.54, 1.807) is 6.20 Å². The van der Waals surface area contributed by atoms with Gasteiger partial charge >= 0.3 is 26.2 Å². The number of ketones is 1. The SMILES string of the molecule is C[C@@H]1CCC[C@H](C)N1[N-]C(C)(C(=O)c1ccccc1)c1ccccn1.[CH2-]c1ccccc1.[Zr+4].[c-]1ccccc1.[c-]1ccccc1. The van der Waals surface area contributed by atoms with Gasteiger partial charge in [0.15, 0.2) is 5.78 Å². The van der Waals surface area contributed by atoms with Gasteiger partial charge < -0.3 is 10.4 Å². The number of piperidine rings is 1. The summed E-state index contributed by atoms with van der Waals surface area (Å²) < 4.78 is 0. The van der Waals surface area contributed by atoms with E-state index in [1.807, 2.05) is 146 Å². The molecule has 1 aromatic heterocycles. The molecule has 0 bridgehead atoms. The molecule has 5 aromatic rings. The fourth-order valence-corrected chi connectivity index (χ4v) is 4.73. The predicted molar refractivity (Wildman–Crippen MR) is 182 cm³/mol. The summed E-state index contributed by atoms with van der Waals surface area (Å²) in [5, 5.41) is 2.12. The number of Topliss-reactive ketones (excluding diaryl/α,β-unsaturated/α-hetero) is 1. The van der Waals surface area contributed by atoms with Gasteiger partial charge in [-0.1, -0.05) is 69.7 Å². The number of pyridine rings is 1. The minimum absolute atomic E-state index is 0. The Balaban J connectivity index is 0.000000282. The number of rotatable bonds is 5. The van der Waals surface area contributed by atoms with Crippen molar-refractivity contribution in [1.29, 1.82) is 0 Å². The zero-order chi connectivity index (χ0) is 31.5. The van der Waals surface area contributed by atoms with Crippen LogP contribution >= 0.6 is 0 Å². The second-order valence-electron chi connectivity index (χ2n) is 10.7. The van der Waals surface area contributed by atoms with Gasteiger partial charge in [-0.25, -0.2) is 0 Å². The summed E-state index contributed by atoms with van der Waals surface area (Å²) in [7, 11) is 0. The molecule has 0 spiro atoms. The van der Waals surface area contributed by atoms with Gasteiger partial charge in [-0.2, -0.15) is 97.4 Å². The fourth-order valence-electron chi connectivity index (χ4n) is 4.73. The Hall–Kier alpha value is -3.63. The third-order valence-electron chi connectivity index (χ3n) is 7.16. The van der Waals surface area contributed by atoms with Gasteiger partial charge in [0.25, 0.3) is 0 Å². The Labute approximate surface area is 290 Å². The molecular weight excluding hydrogens is 630 g/mol. The van der Waals surface area contributed by atoms with Crippen molar-refractivity contribution in [3.05, 3.63) is 187 Å². The van der Waals surface area contributed by atoms with E-state index in [9.17, 15) is 4.79 Å². The Morgan fingerprint density at radius 2 is 1.22 bits per heavy atom. The van der Waals surface area contributed by atoms with Crippen molar-refractivity contribution in [1.82, 2.24) is 9.99 Å². The molecule has 5 heteroatoms. The molecule has 1 fully saturated rings. The van der Waals surface area contributed by atoms with E-state index < -0.39 is 5.54 Å². The van der Waals surface area contributed by atoms with Crippen LogP contribution in [-0.4, -0.2) is 27.9 Å². The Morgan fingerprint density at radius 3 is 1.60 bits per heavy atom. The summed E-state index contributed by atoms with van der Waals surface area (Å²) in [6.07, 6.45) is 5.14. The number of carbonyl (C=O) groups is 1. The Morgan fingerprint density at radius 1 is 0.756 bits per heavy atom. The standard InChI is InChI=1S/C21H26N3O.C7H7.2C6H5.Zr/c1-16-10-9-11-17(2)24(16)23-21(3,19-14-7-8-15-22-19)20(25)18-12-5-4-6-13-18;1-7-5-3-2-4-6-7;2*1-2-4-6-5-3-1;/h4-8,12-17H,9-11H2,1-3H3;2-6H,1H2;2*1-5H;/q4*-1;+4/t16-,17+,21?;;;;. The number of hydrogen-bond acceptors (Lipinski definition) is 3. The molecule has 0 saturated carbocycles. The van der Waals surface area contributed by atoms with Crippen LogP contribution < -0.4 is 0 Å². The van der Waals surface area contributed by atoms with Crippen LogP contribution in [0.3, 0.4) is 0 Å². The summed E-state index contributed by atoms with van der Waals surface area (Å²) >= 11 is 0. The van der Waals surface area contributed by atoms with Crippen LogP contribution in [0.4, 0.5) is 0 Å². The van der Waals surface area contributed by atoms with Crippen molar-refractivity contribution in [3.8, 4) is 0 Å². The van der Waals surface area contributed by atoms with E-state index in [1.165, 1.54) is 6.42 Å². The van der Waals surface area contributed by atoms with Crippen molar-refractivity contribution in [2.24, 2.45) is 0 Å². The number of hydrogen-bond donors (Lipinski definition) is 0. The molecule has 4 aromatic carbocycles. The van der Waals surface area contributed by atoms with Crippen LogP contribution in [0.2, 0.25) is 0 Å². The Bertz CT molecular complexity index is 1330. The maximum Gasteiger partial charge on any atom is 4.00 e. The molecule has 4 nitrogen and oxygen atoms in total. The largest absolute Gasteiger partial charge is 4.00 e. The first-order valence-electron chi connectivity index (χ1n) is 15.1. The Kier molecular flexibility index (Phi) is 17.7. The van der Waals surface area contributed by atoms with E-state index in [0.717, 1.165) is 18.4 Å². The summed E-state index contributed by atoms with van der Waals surface area (Å²) in [6, 6.07) is 50.6. The van der Waals surface area contributed by atoms with Gasteiger partial charge in [0.05, 0.1) is 0 Å². The zero-order valence-corrected chi connectivity index (χ0v) is 29.0. The number of aromatic nitrogens is 1. The van der Waals surface area contributed by atoms with Crippen LogP contribution in [0.1, 0.15) is 61.6 Å². The van der Waals surface area contributed by atoms with Crippen molar-refractivity contribution < 1.29 is 31.0 Å². The van der Waals surface area contributed by atoms with Crippen molar-refractivity contribution in [3.63, 3.8) is 0 Å². The first-order chi connectivity index (χ1) is 21.4. The summed E-state index contributed by atoms with van der Waals surface area (Å²) in [4.78, 5) is 17.9. The molecule has 0 radical (unpaired) electrons. The molecule has 6 rings (SSSR count). The monoisotopic (exact) mass is 671 g/mol. The first kappa shape index (κ1) is 37.6. The van der Waals surface area contributed by atoms with Crippen LogP contribution in [0.25, 0.3) is 5.43 Å². The van der Waals surface area contributed by atoms with Gasteiger partial charge in [-0.05, 0) is 42.6 Å². The maximum absolute atomic E-state index is 13.4. The normalized spacial score (nSPS) is 16.7. The molecule has 228 valence electrons. The third-order valence-corrected chi connectivity index (χ3v) is 7.16. The van der Waals surface area contributed by atoms with E-state index in [4.69, 9.17) is 5.43 Å². The molecule has 45 heavy (non-hydrogen) atoms. The molecule has 1 unspecified atom stereocenters. The molecular formula is C40H43N3OZr. The minimum atomic E-state index is -1.03. The molecule has 0 amide bonds. The van der Waals surface area contributed by atoms with E-state index >= 15 is 0 Å². The van der Waals surface area contributed by atoms with Gasteiger partial charge in [-0.15, -0.1) is 12.1 Å². The summed E-state index contributed by atoms with van der Waals surface area (Å²) in [5.41, 5.74) is 6.40. The zero-order valence-electron chi connectivity index (χ0n) is 26.6. The molecule has 1 aliphatic heterocycles. The van der Waals surface area contributed by atoms with Gasteiger partial charge in [0.2, 0.25) is 0 Å². The molecule has 0 N–H and O–H groups in total. The maximum atomic E-state index is 13.4. The number of nitrogens with zero attached hydrogens (tertiary/aromatic N) is 3. The number of carbonyl (C=O) groups excluding carboxylic acids is 1. The van der Waals surface area contributed by atoms with Crippen molar-refractivity contribution in [2.75, 3.05) is 0 Å². The van der Waals surface area contributed by atoms with Crippen LogP contribution in [0, 0.1) is 19.1 Å². The van der Waals surface area contributed by atoms with Gasteiger partial charge in [0.1, 0.15) is 0 Å². The fraction of sp³-hybridized carbons (Fsp3) is 0.225. The van der Waals surface area contributed by atoms with Gasteiger partial charge in [0, 0.05) is 17.5 Å². The summed E-state index contributed by atoms with van der Waals surface area (Å²) in [6.45, 7) is 9.98. The van der Waals surface area contributed by atoms with Crippen molar-refractivity contribution >= 4 is 5.78 Å². The van der Waals surface area contributed by atoms with E-state index in [2.05, 4.69) is 42.9 Å². The molecule has 0 aliphatic carbocycles. The average molecular weight is 673 g/mol. The van der Waals surface area contributed by atoms with E-state index in [-0.39, 0.29) is 32.0 Å². The smallest absolute Gasteiger partial charge is 0.577 e. The first-order valence-corrected chi connectivity index (χ1v) is 15.1. The van der Waals surface area contributed by atoms with Crippen LogP contribution in [0.15, 0.2) is 146 Å².